The van der Waals surface area contributed by atoms with Gasteiger partial charge in [0, 0.05) is 0 Å². The van der Waals surface area contributed by atoms with E-state index in [4.69, 9.17) is 15.0 Å². The predicted molar refractivity (Wildman–Crippen MR) is 11.4 cm³/mol. The average molecular weight is 137 g/mol. The molecule has 0 fully saturated rings. The van der Waals surface area contributed by atoms with Gasteiger partial charge in [0.15, 0.2) is 0 Å². The molecule has 0 aliphatic rings. The van der Waals surface area contributed by atoms with Crippen LogP contribution in [0.3, 0.4) is 0 Å². The molecule has 0 amide bonds. The van der Waals surface area contributed by atoms with Gasteiger partial charge in [0.25, 0.3) is 0 Å². The molecule has 0 spiro atoms. The largest absolute Gasteiger partial charge is 1.00 e. The zero-order valence-electron chi connectivity index (χ0n) is 3.06. The molecule has 0 saturated carbocycles. The van der Waals surface area contributed by atoms with E-state index in [2.05, 4.69) is 0 Å². The van der Waals surface area contributed by atoms with Crippen LogP contribution in [0.4, 0.5) is 4.79 Å². The van der Waals surface area contributed by atoms with Gasteiger partial charge in [0.05, 0.1) is 0 Å². The molecule has 40 valence electrons. The normalized spacial score (nSPS) is 4.00. The fourth-order valence-electron chi connectivity index (χ4n) is 0. The summed E-state index contributed by atoms with van der Waals surface area (Å²) < 4.78 is 0. The second-order valence-electron chi connectivity index (χ2n) is 0.250. The first-order chi connectivity index (χ1) is 1.73. The Labute approximate surface area is 44.9 Å². The first kappa shape index (κ1) is 17.2. The van der Waals surface area contributed by atoms with Crippen LogP contribution < -0.4 is 16.4 Å². The van der Waals surface area contributed by atoms with Crippen LogP contribution >= 0.6 is 0 Å². The minimum absolute atomic E-state index is 0. The molecule has 0 saturated heterocycles. The molecule has 0 rings (SSSR count). The van der Waals surface area contributed by atoms with Gasteiger partial charge in [-0.05, 0) is 6.16 Å². The second kappa shape index (κ2) is 8.83. The summed E-state index contributed by atoms with van der Waals surface area (Å²) in [5.41, 5.74) is 0. The molecule has 5 heteroatoms. The number of carbonyl (C=O) groups excluding carboxylic acids is 1. The number of rotatable bonds is 0. The summed E-state index contributed by atoms with van der Waals surface area (Å²) in [6, 6.07) is 0. The van der Waals surface area contributed by atoms with E-state index >= 15 is 0 Å². The molecule has 0 aromatic rings. The van der Waals surface area contributed by atoms with E-state index in [0.29, 0.717) is 0 Å². The van der Waals surface area contributed by atoms with Crippen LogP contribution in [-0.4, -0.2) is 6.16 Å². The van der Waals surface area contributed by atoms with Gasteiger partial charge in [-0.2, -0.15) is 0 Å². The van der Waals surface area contributed by atoms with Crippen molar-refractivity contribution in [3.63, 3.8) is 0 Å². The maximum Gasteiger partial charge on any atom is 1.00 e. The molecule has 4 nitrogen and oxygen atoms in total. The Morgan fingerprint density at radius 3 is 1.33 bits per heavy atom. The number of carbonyl (C=O) groups is 1. The molecular weight excluding hydrogens is 133 g/mol. The first-order valence-electron chi connectivity index (χ1n) is 0.612. The average Bonchev–Trinajstić information content (AvgIpc) is 0.811. The van der Waals surface area contributed by atoms with Crippen molar-refractivity contribution < 1.29 is 31.8 Å². The van der Waals surface area contributed by atoms with Gasteiger partial charge in [0.1, 0.15) is 0 Å². The minimum atomic E-state index is -2.33. The Hall–Kier alpha value is -0.264. The van der Waals surface area contributed by atoms with Crippen LogP contribution in [0.25, 0.3) is 0 Å². The summed E-state index contributed by atoms with van der Waals surface area (Å²) in [7, 11) is 0. The van der Waals surface area contributed by atoms with E-state index < -0.39 is 6.16 Å². The summed E-state index contributed by atoms with van der Waals surface area (Å²) >= 11 is 0. The van der Waals surface area contributed by atoms with Crippen LogP contribution in [0.15, 0.2) is 0 Å². The Morgan fingerprint density at radius 1 is 1.33 bits per heavy atom. The first-order valence-corrected chi connectivity index (χ1v) is 0.612. The van der Waals surface area contributed by atoms with Crippen LogP contribution in [0.5, 0.6) is 0 Å². The van der Waals surface area contributed by atoms with Gasteiger partial charge in [0.2, 0.25) is 0 Å². The molecule has 0 aliphatic carbocycles. The Bertz CT molecular complexity index is 33.8. The standard InChI is InChI=1S/CH2O3.Co.H3N/c2-1(3)4;;/h(H2,2,3,4);;1H3/q;+1;/p-1. The van der Waals surface area contributed by atoms with E-state index in [1.54, 1.807) is 0 Å². The molecule has 0 unspecified atom stereocenters. The monoisotopic (exact) mass is 137 g/mol. The van der Waals surface area contributed by atoms with Crippen molar-refractivity contribution in [2.75, 3.05) is 0 Å². The maximum absolute atomic E-state index is 8.33. The maximum atomic E-state index is 8.33. The summed E-state index contributed by atoms with van der Waals surface area (Å²) in [6.45, 7) is 0. The van der Waals surface area contributed by atoms with Crippen molar-refractivity contribution in [2.24, 2.45) is 0 Å². The van der Waals surface area contributed by atoms with E-state index in [1.807, 2.05) is 0 Å². The summed E-state index contributed by atoms with van der Waals surface area (Å²) in [4.78, 5) is 8.33. The van der Waals surface area contributed by atoms with Gasteiger partial charge in [-0.3, -0.25) is 0 Å². The zero-order valence-corrected chi connectivity index (χ0v) is 4.10. The van der Waals surface area contributed by atoms with E-state index in [9.17, 15) is 0 Å². The second-order valence-corrected chi connectivity index (χ2v) is 0.250. The SMILES string of the molecule is O=C([O-])[O-].[Co+].[NH4+]. The molecule has 0 radical (unpaired) electrons. The summed E-state index contributed by atoms with van der Waals surface area (Å²) in [6.07, 6.45) is -2.33. The molecule has 6 heavy (non-hydrogen) atoms. The van der Waals surface area contributed by atoms with Gasteiger partial charge in [-0.1, -0.05) is 0 Å². The number of quaternary nitrogens is 1. The van der Waals surface area contributed by atoms with Gasteiger partial charge in [-0.25, -0.2) is 0 Å². The van der Waals surface area contributed by atoms with Crippen molar-refractivity contribution in [3.05, 3.63) is 0 Å². The molecule has 0 heterocycles. The van der Waals surface area contributed by atoms with Crippen LogP contribution in [-0.2, 0) is 16.8 Å². The summed E-state index contributed by atoms with van der Waals surface area (Å²) in [5.74, 6) is 0. The molecule has 0 atom stereocenters. The number of hydrogen-bond donors (Lipinski definition) is 1. The number of hydrogen-bond acceptors (Lipinski definition) is 3. The minimum Gasteiger partial charge on any atom is -0.652 e. The molecule has 0 aromatic heterocycles. The molecule has 0 aliphatic heterocycles. The third-order valence-electron chi connectivity index (χ3n) is 0. The molecular formula is CH4CoNO3. The third-order valence-corrected chi connectivity index (χ3v) is 0. The van der Waals surface area contributed by atoms with Gasteiger partial charge in [-0.15, -0.1) is 0 Å². The quantitative estimate of drug-likeness (QED) is 0.414. The Morgan fingerprint density at radius 2 is 1.33 bits per heavy atom. The van der Waals surface area contributed by atoms with Crippen molar-refractivity contribution in [1.29, 1.82) is 0 Å². The van der Waals surface area contributed by atoms with Crippen molar-refractivity contribution in [3.8, 4) is 0 Å². The van der Waals surface area contributed by atoms with Gasteiger partial charge < -0.3 is 21.2 Å². The van der Waals surface area contributed by atoms with Crippen molar-refractivity contribution in [2.45, 2.75) is 0 Å². The Balaban J connectivity index is -0.0000000450. The van der Waals surface area contributed by atoms with Gasteiger partial charge >= 0.3 is 16.8 Å². The third kappa shape index (κ3) is 403. The van der Waals surface area contributed by atoms with Crippen LogP contribution in [0.1, 0.15) is 0 Å². The smallest absolute Gasteiger partial charge is 0.652 e. The fraction of sp³-hybridized carbons (Fsp3) is 0. The van der Waals surface area contributed by atoms with Crippen molar-refractivity contribution in [1.82, 2.24) is 6.15 Å². The topological polar surface area (TPSA) is 99.7 Å². The molecule has 0 bridgehead atoms. The zero-order chi connectivity index (χ0) is 3.58. The Kier molecular flexibility index (Phi) is 25.3. The number of carboxylic acid groups (broad SMARTS) is 2. The van der Waals surface area contributed by atoms with Crippen LogP contribution in [0.2, 0.25) is 0 Å². The fourth-order valence-corrected chi connectivity index (χ4v) is 0. The van der Waals surface area contributed by atoms with E-state index in [-0.39, 0.29) is 22.9 Å². The van der Waals surface area contributed by atoms with Crippen molar-refractivity contribution >= 4 is 6.16 Å². The van der Waals surface area contributed by atoms with E-state index in [0.717, 1.165) is 0 Å². The van der Waals surface area contributed by atoms with Crippen LogP contribution in [0, 0.1) is 0 Å². The molecule has 0 aromatic carbocycles. The van der Waals surface area contributed by atoms with E-state index in [1.165, 1.54) is 0 Å². The molecule has 4 N–H and O–H groups in total. The summed E-state index contributed by atoms with van der Waals surface area (Å²) in [5, 5.41) is 16.7. The predicted octanol–water partition coefficient (Wildman–Crippen LogP) is -2.07.